The molecule has 1 aromatic rings. The Morgan fingerprint density at radius 2 is 2.11 bits per heavy atom. The lowest BCUT2D eigenvalue weighted by Crippen LogP contribution is -2.30. The first-order chi connectivity index (χ1) is 8.77. The molecule has 0 saturated carbocycles. The van der Waals surface area contributed by atoms with Crippen LogP contribution in [0, 0.1) is 12.8 Å². The van der Waals surface area contributed by atoms with Gasteiger partial charge < -0.3 is 10.5 Å². The molecule has 0 fully saturated rings. The molecule has 3 N–H and O–H groups in total. The highest BCUT2D eigenvalue weighted by Gasteiger charge is 2.19. The second-order valence-corrected chi connectivity index (χ2v) is 7.14. The van der Waals surface area contributed by atoms with Gasteiger partial charge in [-0.15, -0.1) is 0 Å². The summed E-state index contributed by atoms with van der Waals surface area (Å²) in [6, 6.07) is 3.16. The summed E-state index contributed by atoms with van der Waals surface area (Å²) >= 11 is 3.27. The number of aryl methyl sites for hydroxylation is 1. The largest absolute Gasteiger partial charge is 0.398 e. The maximum Gasteiger partial charge on any atom is 0.240 e. The average molecular weight is 351 g/mol. The summed E-state index contributed by atoms with van der Waals surface area (Å²) < 4.78 is 32.6. The molecule has 0 heterocycles. The van der Waals surface area contributed by atoms with Gasteiger partial charge in [-0.2, -0.15) is 0 Å². The Balaban J connectivity index is 2.92. The summed E-state index contributed by atoms with van der Waals surface area (Å²) in [7, 11) is -1.96. The molecule has 1 aromatic carbocycles. The number of benzene rings is 1. The minimum atomic E-state index is -3.55. The Morgan fingerprint density at radius 3 is 2.68 bits per heavy atom. The molecular formula is C12H19BrN2O3S. The van der Waals surface area contributed by atoms with Crippen molar-refractivity contribution in [3.05, 3.63) is 22.2 Å². The molecule has 0 radical (unpaired) electrons. The summed E-state index contributed by atoms with van der Waals surface area (Å²) in [5, 5.41) is 0. The van der Waals surface area contributed by atoms with Gasteiger partial charge in [-0.1, -0.05) is 6.92 Å². The fourth-order valence-corrected chi connectivity index (χ4v) is 3.51. The van der Waals surface area contributed by atoms with Gasteiger partial charge in [0, 0.05) is 30.4 Å². The number of nitrogen functional groups attached to an aromatic ring is 1. The highest BCUT2D eigenvalue weighted by atomic mass is 79.9. The Hall–Kier alpha value is -0.630. The minimum Gasteiger partial charge on any atom is -0.398 e. The third-order valence-corrected chi connectivity index (χ3v) is 4.91. The predicted octanol–water partition coefficient (Wildman–Crippen LogP) is 1.90. The molecule has 0 aliphatic rings. The van der Waals surface area contributed by atoms with E-state index < -0.39 is 10.0 Å². The normalized spacial score (nSPS) is 13.5. The zero-order chi connectivity index (χ0) is 14.6. The van der Waals surface area contributed by atoms with Gasteiger partial charge in [0.2, 0.25) is 10.0 Å². The number of hydrogen-bond donors (Lipinski definition) is 2. The van der Waals surface area contributed by atoms with E-state index in [1.54, 1.807) is 20.1 Å². The molecule has 0 aliphatic carbocycles. The molecule has 7 heteroatoms. The molecule has 1 atom stereocenters. The van der Waals surface area contributed by atoms with Gasteiger partial charge in [0.25, 0.3) is 0 Å². The number of nitrogens with two attached hydrogens (primary N) is 1. The fraction of sp³-hybridized carbons (Fsp3) is 0.500. The molecule has 0 spiro atoms. The van der Waals surface area contributed by atoms with Crippen molar-refractivity contribution in [1.82, 2.24) is 4.72 Å². The van der Waals surface area contributed by atoms with Crippen LogP contribution in [0.5, 0.6) is 0 Å². The third kappa shape index (κ3) is 4.45. The number of halogens is 1. The van der Waals surface area contributed by atoms with Crippen LogP contribution in [0.15, 0.2) is 21.5 Å². The van der Waals surface area contributed by atoms with E-state index in [0.717, 1.165) is 0 Å². The molecule has 1 unspecified atom stereocenters. The number of ether oxygens (including phenoxy) is 1. The zero-order valence-electron chi connectivity index (χ0n) is 11.2. The van der Waals surface area contributed by atoms with Crippen LogP contribution in [0.3, 0.4) is 0 Å². The molecular weight excluding hydrogens is 332 g/mol. The lowest BCUT2D eigenvalue weighted by atomic mass is 10.2. The summed E-state index contributed by atoms with van der Waals surface area (Å²) in [4.78, 5) is 0.206. The maximum atomic E-state index is 12.2. The Bertz CT molecular complexity index is 546. The third-order valence-electron chi connectivity index (χ3n) is 2.66. The van der Waals surface area contributed by atoms with E-state index in [4.69, 9.17) is 10.5 Å². The van der Waals surface area contributed by atoms with Gasteiger partial charge in [0.1, 0.15) is 0 Å². The number of nitrogens with one attached hydrogen (secondary N) is 1. The van der Waals surface area contributed by atoms with Crippen LogP contribution in [0.25, 0.3) is 0 Å². The van der Waals surface area contributed by atoms with E-state index in [1.807, 2.05) is 6.92 Å². The van der Waals surface area contributed by atoms with E-state index >= 15 is 0 Å². The van der Waals surface area contributed by atoms with Gasteiger partial charge in [-0.05, 0) is 46.5 Å². The van der Waals surface area contributed by atoms with Gasteiger partial charge in [-0.25, -0.2) is 13.1 Å². The van der Waals surface area contributed by atoms with Crippen LogP contribution in [0.2, 0.25) is 0 Å². The molecule has 0 amide bonds. The first-order valence-electron chi connectivity index (χ1n) is 5.82. The Labute approximate surface area is 122 Å². The minimum absolute atomic E-state index is 0.105. The zero-order valence-corrected chi connectivity index (χ0v) is 13.6. The standard InChI is InChI=1S/C12H19BrN2O3S/c1-8(7-18-3)6-15-19(16,17)12-5-11(14)10(13)4-9(12)2/h4-5,8,15H,6-7,14H2,1-3H3. The number of rotatable bonds is 6. The van der Waals surface area contributed by atoms with Crippen molar-refractivity contribution in [2.45, 2.75) is 18.7 Å². The van der Waals surface area contributed by atoms with Crippen LogP contribution in [-0.4, -0.2) is 28.7 Å². The van der Waals surface area contributed by atoms with Crippen molar-refractivity contribution in [2.24, 2.45) is 5.92 Å². The van der Waals surface area contributed by atoms with Crippen molar-refractivity contribution in [2.75, 3.05) is 26.0 Å². The maximum absolute atomic E-state index is 12.2. The summed E-state index contributed by atoms with van der Waals surface area (Å²) in [6.07, 6.45) is 0. The van der Waals surface area contributed by atoms with Crippen molar-refractivity contribution < 1.29 is 13.2 Å². The quantitative estimate of drug-likeness (QED) is 0.767. The van der Waals surface area contributed by atoms with Crippen molar-refractivity contribution >= 4 is 31.6 Å². The predicted molar refractivity (Wildman–Crippen MR) is 79.5 cm³/mol. The SMILES string of the molecule is COCC(C)CNS(=O)(=O)c1cc(N)c(Br)cc1C. The van der Waals surface area contributed by atoms with Gasteiger partial charge in [-0.3, -0.25) is 0 Å². The van der Waals surface area contributed by atoms with Crippen molar-refractivity contribution in [1.29, 1.82) is 0 Å². The molecule has 108 valence electrons. The van der Waals surface area contributed by atoms with Crippen molar-refractivity contribution in [3.63, 3.8) is 0 Å². The molecule has 0 aromatic heterocycles. The molecule has 0 saturated heterocycles. The average Bonchev–Trinajstić information content (AvgIpc) is 2.31. The Kier molecular flexibility index (Phi) is 5.79. The van der Waals surface area contributed by atoms with Gasteiger partial charge in [0.05, 0.1) is 4.90 Å². The van der Waals surface area contributed by atoms with Gasteiger partial charge >= 0.3 is 0 Å². The second-order valence-electron chi connectivity index (χ2n) is 4.55. The molecule has 19 heavy (non-hydrogen) atoms. The number of hydrogen-bond acceptors (Lipinski definition) is 4. The first kappa shape index (κ1) is 16.4. The van der Waals surface area contributed by atoms with E-state index in [1.165, 1.54) is 6.07 Å². The summed E-state index contributed by atoms with van der Waals surface area (Å²) in [6.45, 7) is 4.47. The van der Waals surface area contributed by atoms with Crippen LogP contribution < -0.4 is 10.5 Å². The lowest BCUT2D eigenvalue weighted by Gasteiger charge is -2.14. The number of methoxy groups -OCH3 is 1. The Morgan fingerprint density at radius 1 is 1.47 bits per heavy atom. The molecule has 1 rings (SSSR count). The topological polar surface area (TPSA) is 81.4 Å². The highest BCUT2D eigenvalue weighted by Crippen LogP contribution is 2.26. The number of sulfonamides is 1. The van der Waals surface area contributed by atoms with E-state index in [2.05, 4.69) is 20.7 Å². The van der Waals surface area contributed by atoms with Crippen molar-refractivity contribution in [3.8, 4) is 0 Å². The fourth-order valence-electron chi connectivity index (χ4n) is 1.63. The first-order valence-corrected chi connectivity index (χ1v) is 8.09. The monoisotopic (exact) mass is 350 g/mol. The van der Waals surface area contributed by atoms with Gasteiger partial charge in [0.15, 0.2) is 0 Å². The molecule has 0 bridgehead atoms. The smallest absolute Gasteiger partial charge is 0.240 e. The summed E-state index contributed by atoms with van der Waals surface area (Å²) in [5.74, 6) is 0.105. The second kappa shape index (κ2) is 6.69. The molecule has 5 nitrogen and oxygen atoms in total. The van der Waals surface area contributed by atoms with E-state index in [9.17, 15) is 8.42 Å². The summed E-state index contributed by atoms with van der Waals surface area (Å²) in [5.41, 5.74) is 6.78. The lowest BCUT2D eigenvalue weighted by molar-refractivity contribution is 0.161. The van der Waals surface area contributed by atoms with E-state index in [-0.39, 0.29) is 10.8 Å². The number of anilines is 1. The van der Waals surface area contributed by atoms with Crippen LogP contribution in [0.1, 0.15) is 12.5 Å². The van der Waals surface area contributed by atoms with Crippen LogP contribution in [0.4, 0.5) is 5.69 Å². The van der Waals surface area contributed by atoms with E-state index in [0.29, 0.717) is 28.9 Å². The van der Waals surface area contributed by atoms with Crippen LogP contribution in [-0.2, 0) is 14.8 Å². The molecule has 0 aliphatic heterocycles. The highest BCUT2D eigenvalue weighted by molar-refractivity contribution is 9.10. The van der Waals surface area contributed by atoms with Crippen LogP contribution >= 0.6 is 15.9 Å².